The Labute approximate surface area is 105 Å². The second kappa shape index (κ2) is 5.72. The van der Waals surface area contributed by atoms with Crippen LogP contribution in [0, 0.1) is 6.92 Å². The van der Waals surface area contributed by atoms with Crippen LogP contribution in [0.25, 0.3) is 0 Å². The van der Waals surface area contributed by atoms with Crippen molar-refractivity contribution < 1.29 is 14.0 Å². The van der Waals surface area contributed by atoms with Crippen LogP contribution in [-0.2, 0) is 9.59 Å². The topological polar surface area (TPSA) is 53.8 Å². The van der Waals surface area contributed by atoms with Crippen LogP contribution in [0.2, 0.25) is 0 Å². The van der Waals surface area contributed by atoms with E-state index < -0.39 is 0 Å². The number of alkyl halides is 1. The summed E-state index contributed by atoms with van der Waals surface area (Å²) in [7, 11) is 3.13. The van der Waals surface area contributed by atoms with Gasteiger partial charge in [0.2, 0.25) is 17.7 Å². The minimum atomic E-state index is -0.288. The maximum Gasteiger partial charge on any atom is 0.248 e. The quantitative estimate of drug-likeness (QED) is 0.764. The van der Waals surface area contributed by atoms with Gasteiger partial charge in [-0.3, -0.25) is 14.5 Å². The molecule has 0 aliphatic heterocycles. The summed E-state index contributed by atoms with van der Waals surface area (Å²) in [4.78, 5) is 25.7. The molecule has 0 bridgehead atoms. The highest BCUT2D eigenvalue weighted by Gasteiger charge is 2.18. The van der Waals surface area contributed by atoms with Crippen LogP contribution in [0.4, 0.5) is 5.88 Å². The number of furan rings is 1. The maximum atomic E-state index is 11.8. The molecule has 0 saturated carbocycles. The molecule has 17 heavy (non-hydrogen) atoms. The molecule has 6 heteroatoms. The molecule has 94 valence electrons. The van der Waals surface area contributed by atoms with Gasteiger partial charge in [-0.2, -0.15) is 0 Å². The van der Waals surface area contributed by atoms with Crippen LogP contribution < -0.4 is 4.90 Å². The number of halogens is 1. The van der Waals surface area contributed by atoms with E-state index in [0.717, 1.165) is 5.76 Å². The van der Waals surface area contributed by atoms with Gasteiger partial charge in [0.15, 0.2) is 0 Å². The Hall–Kier alpha value is -1.49. The Balaban J connectivity index is 2.62. The van der Waals surface area contributed by atoms with Gasteiger partial charge in [-0.25, -0.2) is 0 Å². The molecule has 0 radical (unpaired) electrons. The SMILES string of the molecule is Cc1ccc(N(C)C(=O)CN(C)C(=O)CCl)o1. The van der Waals surface area contributed by atoms with Crippen molar-refractivity contribution in [2.24, 2.45) is 0 Å². The standard InChI is InChI=1S/C11H15ClN2O3/c1-8-4-5-11(17-8)14(3)10(16)7-13(2)9(15)6-12/h4-5H,6-7H2,1-3H3. The lowest BCUT2D eigenvalue weighted by Gasteiger charge is -2.19. The average Bonchev–Trinajstić information content (AvgIpc) is 2.73. The van der Waals surface area contributed by atoms with E-state index >= 15 is 0 Å². The monoisotopic (exact) mass is 258 g/mol. The van der Waals surface area contributed by atoms with E-state index in [1.165, 1.54) is 16.8 Å². The van der Waals surface area contributed by atoms with Crippen molar-refractivity contribution in [3.63, 3.8) is 0 Å². The van der Waals surface area contributed by atoms with E-state index in [1.54, 1.807) is 26.1 Å². The third-order valence-electron chi connectivity index (χ3n) is 2.34. The van der Waals surface area contributed by atoms with Gasteiger partial charge in [0.05, 0.1) is 6.54 Å². The van der Waals surface area contributed by atoms with Gasteiger partial charge in [-0.1, -0.05) is 0 Å². The Bertz CT molecular complexity index is 417. The zero-order valence-electron chi connectivity index (χ0n) is 10.1. The molecule has 1 heterocycles. The van der Waals surface area contributed by atoms with Crippen LogP contribution in [-0.4, -0.2) is 43.2 Å². The van der Waals surface area contributed by atoms with Gasteiger partial charge >= 0.3 is 0 Å². The van der Waals surface area contributed by atoms with Crippen molar-refractivity contribution in [1.82, 2.24) is 4.90 Å². The summed E-state index contributed by atoms with van der Waals surface area (Å²) in [6.45, 7) is 1.77. The van der Waals surface area contributed by atoms with Crippen LogP contribution in [0.3, 0.4) is 0 Å². The van der Waals surface area contributed by atoms with Crippen LogP contribution >= 0.6 is 11.6 Å². The lowest BCUT2D eigenvalue weighted by molar-refractivity contribution is -0.131. The summed E-state index contributed by atoms with van der Waals surface area (Å²) in [5.41, 5.74) is 0. The fraction of sp³-hybridized carbons (Fsp3) is 0.455. The highest BCUT2D eigenvalue weighted by atomic mass is 35.5. The zero-order valence-corrected chi connectivity index (χ0v) is 10.8. The number of anilines is 1. The van der Waals surface area contributed by atoms with Crippen molar-refractivity contribution in [2.45, 2.75) is 6.92 Å². The fourth-order valence-electron chi connectivity index (χ4n) is 1.22. The minimum absolute atomic E-state index is 0.0260. The van der Waals surface area contributed by atoms with Crippen molar-refractivity contribution in [1.29, 1.82) is 0 Å². The molecular weight excluding hydrogens is 244 g/mol. The predicted molar refractivity (Wildman–Crippen MR) is 65.2 cm³/mol. The third kappa shape index (κ3) is 3.49. The maximum absolute atomic E-state index is 11.8. The Morgan fingerprint density at radius 1 is 1.29 bits per heavy atom. The first-order chi connectivity index (χ1) is 7.95. The third-order valence-corrected chi connectivity index (χ3v) is 2.57. The summed E-state index contributed by atoms with van der Waals surface area (Å²) in [5.74, 6) is 0.529. The summed E-state index contributed by atoms with van der Waals surface area (Å²) in [6, 6.07) is 3.48. The molecule has 0 aliphatic rings. The Morgan fingerprint density at radius 2 is 1.94 bits per heavy atom. The number of rotatable bonds is 4. The normalized spacial score (nSPS) is 10.1. The summed E-state index contributed by atoms with van der Waals surface area (Å²) in [5, 5.41) is 0. The number of hydrogen-bond acceptors (Lipinski definition) is 3. The molecule has 0 aromatic carbocycles. The Morgan fingerprint density at radius 3 is 2.41 bits per heavy atom. The Kier molecular flexibility index (Phi) is 4.57. The summed E-state index contributed by atoms with van der Waals surface area (Å²) >= 11 is 5.40. The first kappa shape index (κ1) is 13.6. The van der Waals surface area contributed by atoms with E-state index in [1.807, 2.05) is 0 Å². The highest BCUT2D eigenvalue weighted by molar-refractivity contribution is 6.27. The number of carbonyl (C=O) groups excluding carboxylic acids is 2. The number of aryl methyl sites for hydroxylation is 1. The molecule has 1 aromatic rings. The number of likely N-dealkylation sites (N-methyl/N-ethyl adjacent to an activating group) is 2. The molecule has 0 fully saturated rings. The van der Waals surface area contributed by atoms with Gasteiger partial charge in [0.25, 0.3) is 0 Å². The van der Waals surface area contributed by atoms with Crippen molar-refractivity contribution in [2.75, 3.05) is 31.4 Å². The first-order valence-electron chi connectivity index (χ1n) is 5.08. The second-order valence-corrected chi connectivity index (χ2v) is 3.99. The summed E-state index contributed by atoms with van der Waals surface area (Å²) in [6.07, 6.45) is 0. The largest absolute Gasteiger partial charge is 0.445 e. The number of hydrogen-bond donors (Lipinski definition) is 0. The van der Waals surface area contributed by atoms with Gasteiger partial charge in [0, 0.05) is 20.2 Å². The van der Waals surface area contributed by atoms with Crippen LogP contribution in [0.5, 0.6) is 0 Å². The van der Waals surface area contributed by atoms with Gasteiger partial charge in [-0.05, 0) is 13.0 Å². The zero-order chi connectivity index (χ0) is 13.0. The molecular formula is C11H15ClN2O3. The number of nitrogens with zero attached hydrogens (tertiary/aromatic N) is 2. The fourth-order valence-corrected chi connectivity index (χ4v) is 1.43. The number of amides is 2. The molecule has 0 unspecified atom stereocenters. The van der Waals surface area contributed by atoms with Crippen molar-refractivity contribution >= 4 is 29.3 Å². The van der Waals surface area contributed by atoms with Gasteiger partial charge in [0.1, 0.15) is 11.6 Å². The van der Waals surface area contributed by atoms with Crippen LogP contribution in [0.15, 0.2) is 16.5 Å². The average molecular weight is 259 g/mol. The van der Waals surface area contributed by atoms with Crippen molar-refractivity contribution in [3.05, 3.63) is 17.9 Å². The highest BCUT2D eigenvalue weighted by Crippen LogP contribution is 2.16. The van der Waals surface area contributed by atoms with E-state index in [0.29, 0.717) is 5.88 Å². The predicted octanol–water partition coefficient (Wildman–Crippen LogP) is 1.25. The first-order valence-corrected chi connectivity index (χ1v) is 5.62. The van der Waals surface area contributed by atoms with Crippen LogP contribution in [0.1, 0.15) is 5.76 Å². The van der Waals surface area contributed by atoms with Gasteiger partial charge < -0.3 is 9.32 Å². The lowest BCUT2D eigenvalue weighted by Crippen LogP contribution is -2.39. The molecule has 0 spiro atoms. The van der Waals surface area contributed by atoms with E-state index in [-0.39, 0.29) is 24.2 Å². The smallest absolute Gasteiger partial charge is 0.248 e. The molecule has 0 saturated heterocycles. The molecule has 0 aliphatic carbocycles. The molecule has 1 aromatic heterocycles. The number of carbonyl (C=O) groups is 2. The van der Waals surface area contributed by atoms with E-state index in [9.17, 15) is 9.59 Å². The summed E-state index contributed by atoms with van der Waals surface area (Å²) < 4.78 is 5.31. The van der Waals surface area contributed by atoms with E-state index in [4.69, 9.17) is 16.0 Å². The molecule has 1 rings (SSSR count). The molecule has 0 N–H and O–H groups in total. The molecule has 0 atom stereocenters. The second-order valence-electron chi connectivity index (χ2n) is 3.72. The van der Waals surface area contributed by atoms with E-state index in [2.05, 4.69) is 0 Å². The molecule has 2 amide bonds. The molecule has 5 nitrogen and oxygen atoms in total. The van der Waals surface area contributed by atoms with Crippen molar-refractivity contribution in [3.8, 4) is 0 Å². The lowest BCUT2D eigenvalue weighted by atomic mass is 10.4. The minimum Gasteiger partial charge on any atom is -0.445 e. The van der Waals surface area contributed by atoms with Gasteiger partial charge in [-0.15, -0.1) is 11.6 Å².